The molecule has 70 heavy (non-hydrogen) atoms. The van der Waals surface area contributed by atoms with E-state index in [-0.39, 0.29) is 51.1 Å². The summed E-state index contributed by atoms with van der Waals surface area (Å²) in [4.78, 5) is 44.4. The molecule has 4 atom stereocenters. The Kier molecular flexibility index (Phi) is 44.9. The van der Waals surface area contributed by atoms with Crippen LogP contribution in [0.15, 0.2) is 49.6 Å². The molecule has 0 aliphatic rings. The van der Waals surface area contributed by atoms with E-state index in [9.17, 15) is 29.4 Å². The van der Waals surface area contributed by atoms with E-state index >= 15 is 0 Å². The molecule has 0 aliphatic carbocycles. The monoisotopic (exact) mass is 1070 g/mol. The topological polar surface area (TPSA) is 221 Å². The van der Waals surface area contributed by atoms with E-state index < -0.39 is 58.1 Å². The second kappa shape index (κ2) is 43.9. The van der Waals surface area contributed by atoms with Crippen LogP contribution in [0.25, 0.3) is 0 Å². The summed E-state index contributed by atoms with van der Waals surface area (Å²) >= 11 is 0. The fourth-order valence-corrected chi connectivity index (χ4v) is 21.9. The van der Waals surface area contributed by atoms with Crippen molar-refractivity contribution in [1.82, 2.24) is 0 Å². The average Bonchev–Trinajstić information content (AvgIpc) is 3.28. The van der Waals surface area contributed by atoms with Crippen LogP contribution >= 0.6 is 0 Å². The predicted octanol–water partition coefficient (Wildman–Crippen LogP) is 7.58. The first kappa shape index (κ1) is 71.6. The lowest BCUT2D eigenvalue weighted by Gasteiger charge is -2.34. The van der Waals surface area contributed by atoms with Gasteiger partial charge in [-0.2, -0.15) is 0 Å². The third kappa shape index (κ3) is 47.7. The lowest BCUT2D eigenvalue weighted by molar-refractivity contribution is -0.147. The highest BCUT2D eigenvalue weighted by Gasteiger charge is 2.32. The minimum Gasteiger partial charge on any atom is -0.462 e. The summed E-state index contributed by atoms with van der Waals surface area (Å²) in [6, 6.07) is 3.97. The number of carbonyl (C=O) groups is 4. The van der Waals surface area contributed by atoms with Crippen LogP contribution in [-0.2, 0) is 65.3 Å². The fraction of sp³-hybridized carbons (Fsp3) is 0.755. The summed E-state index contributed by atoms with van der Waals surface area (Å²) in [5, 5.41) is 28.1. The van der Waals surface area contributed by atoms with Gasteiger partial charge in [0.05, 0.1) is 39.6 Å². The Hall–Kier alpha value is -2.65. The SMILES string of the molecule is C=C(C)C(=O)OC(CC)COCCCC.C=C(C)C(=O)OCCC[SiH](C)O[Si](C)(C)CCCOCCO.C=CC(=O)OCC(O)COCCC[Si](C)(C)O[Si](C)(C)CCCOCC(O)COC(=O)C=C. The van der Waals surface area contributed by atoms with Gasteiger partial charge in [-0.05, 0) is 122 Å². The van der Waals surface area contributed by atoms with Gasteiger partial charge in [-0.15, -0.1) is 0 Å². The molecule has 0 rings (SSSR count). The van der Waals surface area contributed by atoms with Crippen LogP contribution in [0.1, 0.15) is 72.6 Å². The maximum Gasteiger partial charge on any atom is 0.333 e. The Morgan fingerprint density at radius 2 is 1.03 bits per heavy atom. The minimum absolute atomic E-state index is 0.0806. The molecule has 3 N–H and O–H groups in total. The number of rotatable bonds is 41. The van der Waals surface area contributed by atoms with E-state index in [1.165, 1.54) is 0 Å². The van der Waals surface area contributed by atoms with Crippen molar-refractivity contribution in [2.75, 3.05) is 79.3 Å². The zero-order valence-electron chi connectivity index (χ0n) is 45.1. The van der Waals surface area contributed by atoms with Gasteiger partial charge in [0.25, 0.3) is 0 Å². The Labute approximate surface area is 426 Å². The lowest BCUT2D eigenvalue weighted by Crippen LogP contribution is -2.44. The van der Waals surface area contributed by atoms with Crippen molar-refractivity contribution in [3.63, 3.8) is 0 Å². The summed E-state index contributed by atoms with van der Waals surface area (Å²) in [7, 11) is -6.56. The molecule has 0 fully saturated rings. The number of ether oxygens (including phenoxy) is 8. The van der Waals surface area contributed by atoms with Crippen LogP contribution < -0.4 is 0 Å². The molecule has 21 heteroatoms. The van der Waals surface area contributed by atoms with Gasteiger partial charge >= 0.3 is 23.9 Å². The van der Waals surface area contributed by atoms with Crippen LogP contribution in [0, 0.1) is 0 Å². The molecular weight excluding hydrogens is 973 g/mol. The van der Waals surface area contributed by atoms with Crippen LogP contribution in [0.5, 0.6) is 0 Å². The highest BCUT2D eigenvalue weighted by molar-refractivity contribution is 6.84. The molecule has 0 amide bonds. The molecule has 0 radical (unpaired) electrons. The van der Waals surface area contributed by atoms with E-state index in [1.54, 1.807) is 13.8 Å². The zero-order valence-corrected chi connectivity index (χ0v) is 49.3. The van der Waals surface area contributed by atoms with Gasteiger partial charge in [-0.25, -0.2) is 19.2 Å². The molecule has 17 nitrogen and oxygen atoms in total. The molecule has 0 aromatic carbocycles. The maximum absolute atomic E-state index is 11.2. The van der Waals surface area contributed by atoms with Crippen molar-refractivity contribution in [3.8, 4) is 0 Å². The standard InChI is InChI=1S/C22H42O9Si2.C15H32O5Si2.C12H22O3/c1-7-21(25)29-17-19(23)15-27-11-9-13-32(3,4)31-33(5,6)14-10-12-28-16-20(24)18-30-22(26)8-2;1-14(2)15(17)19-10-6-12-21(3)20-22(4,5)13-7-9-18-11-8-16;1-5-7-8-14-9-11(6-2)15-12(13)10(3)4/h7-8,19-20,23-24H,1-2,9-18H2,3-6H3;16,21H,1,6-13H2,2-5H3;11H,3,5-9H2,1-2,4H3. The third-order valence-electron chi connectivity index (χ3n) is 9.66. The first-order chi connectivity index (χ1) is 32.8. The van der Waals surface area contributed by atoms with Crippen molar-refractivity contribution in [2.45, 2.75) is 161 Å². The van der Waals surface area contributed by atoms with Crippen molar-refractivity contribution >= 4 is 57.9 Å². The second-order valence-corrected chi connectivity index (χ2v) is 34.8. The summed E-state index contributed by atoms with van der Waals surface area (Å²) in [6.07, 6.45) is 6.68. The summed E-state index contributed by atoms with van der Waals surface area (Å²) < 4.78 is 54.3. The van der Waals surface area contributed by atoms with Crippen LogP contribution in [-0.4, -0.2) is 171 Å². The number of aliphatic hydroxyl groups is 3. The van der Waals surface area contributed by atoms with Crippen LogP contribution in [0.4, 0.5) is 0 Å². The van der Waals surface area contributed by atoms with Crippen LogP contribution in [0.2, 0.25) is 70.0 Å². The molecular formula is C49H96O17Si4. The largest absolute Gasteiger partial charge is 0.462 e. The third-order valence-corrected chi connectivity index (χ3v) is 24.1. The van der Waals surface area contributed by atoms with Gasteiger partial charge in [-0.1, -0.05) is 46.6 Å². The Bertz CT molecular complexity index is 1400. The molecule has 0 aromatic rings. The lowest BCUT2D eigenvalue weighted by atomic mass is 10.3. The van der Waals surface area contributed by atoms with Gasteiger partial charge in [0.15, 0.2) is 34.0 Å². The van der Waals surface area contributed by atoms with Crippen molar-refractivity contribution in [1.29, 1.82) is 0 Å². The number of unbranched alkanes of at least 4 members (excludes halogenated alkanes) is 1. The summed E-state index contributed by atoms with van der Waals surface area (Å²) in [6.45, 7) is 40.4. The van der Waals surface area contributed by atoms with Gasteiger partial charge < -0.3 is 61.4 Å². The normalized spacial score (nSPS) is 13.2. The number of esters is 4. The first-order valence-electron chi connectivity index (χ1n) is 24.7. The van der Waals surface area contributed by atoms with Gasteiger partial charge in [-0.3, -0.25) is 0 Å². The highest BCUT2D eigenvalue weighted by atomic mass is 28.4. The molecule has 4 unspecified atom stereocenters. The molecule has 0 spiro atoms. The van der Waals surface area contributed by atoms with Gasteiger partial charge in [0.2, 0.25) is 0 Å². The van der Waals surface area contributed by atoms with Crippen molar-refractivity contribution in [3.05, 3.63) is 49.6 Å². The van der Waals surface area contributed by atoms with Gasteiger partial charge in [0.1, 0.15) is 31.5 Å². The van der Waals surface area contributed by atoms with E-state index in [0.717, 1.165) is 87.9 Å². The number of hydrogen-bond acceptors (Lipinski definition) is 17. The first-order valence-corrected chi connectivity index (χ1v) is 36.5. The summed E-state index contributed by atoms with van der Waals surface area (Å²) in [5.74, 6) is -1.78. The predicted molar refractivity (Wildman–Crippen MR) is 286 cm³/mol. The molecule has 0 aliphatic heterocycles. The number of hydrogen-bond donors (Lipinski definition) is 3. The summed E-state index contributed by atoms with van der Waals surface area (Å²) in [5.41, 5.74) is 0.875. The van der Waals surface area contributed by atoms with E-state index in [1.807, 2.05) is 6.92 Å². The molecule has 0 bridgehead atoms. The van der Waals surface area contributed by atoms with Crippen LogP contribution in [0.3, 0.4) is 0 Å². The molecule has 0 aromatic heterocycles. The van der Waals surface area contributed by atoms with E-state index in [0.29, 0.717) is 50.8 Å². The second-order valence-electron chi connectivity index (χ2n) is 18.8. The zero-order chi connectivity index (χ0) is 54.0. The highest BCUT2D eigenvalue weighted by Crippen LogP contribution is 2.24. The van der Waals surface area contributed by atoms with Crippen molar-refractivity contribution in [2.24, 2.45) is 0 Å². The van der Waals surface area contributed by atoms with E-state index in [4.69, 9.17) is 51.2 Å². The smallest absolute Gasteiger partial charge is 0.333 e. The molecule has 0 heterocycles. The Morgan fingerprint density at radius 3 is 1.46 bits per heavy atom. The molecule has 0 saturated carbocycles. The molecule has 0 saturated heterocycles. The Balaban J connectivity index is -0.00000104. The fourth-order valence-electron chi connectivity index (χ4n) is 6.10. The van der Waals surface area contributed by atoms with Crippen molar-refractivity contribution < 1.29 is 80.6 Å². The quantitative estimate of drug-likeness (QED) is 0.0177. The van der Waals surface area contributed by atoms with Gasteiger partial charge in [0, 0.05) is 49.7 Å². The number of carbonyl (C=O) groups excluding carboxylic acids is 4. The average molecular weight is 1070 g/mol. The minimum atomic E-state index is -1.86. The number of aliphatic hydroxyl groups excluding tert-OH is 3. The molecule has 410 valence electrons. The van der Waals surface area contributed by atoms with E-state index in [2.05, 4.69) is 79.1 Å². The maximum atomic E-state index is 11.2. The Morgan fingerprint density at radius 1 is 0.586 bits per heavy atom.